The van der Waals surface area contributed by atoms with Gasteiger partial charge >= 0.3 is 5.97 Å². The molecule has 2 aliphatic rings. The molecule has 0 aliphatic carbocycles. The van der Waals surface area contributed by atoms with Crippen LogP contribution in [-0.2, 0) is 20.9 Å². The first kappa shape index (κ1) is 18.3. The van der Waals surface area contributed by atoms with E-state index in [1.165, 1.54) is 12.1 Å². The predicted octanol–water partition coefficient (Wildman–Crippen LogP) is 2.75. The zero-order valence-corrected chi connectivity index (χ0v) is 15.1. The molecule has 4 rings (SSSR count). The lowest BCUT2D eigenvalue weighted by molar-refractivity contribution is -0.0591. The van der Waals surface area contributed by atoms with E-state index in [4.69, 9.17) is 14.3 Å². The van der Waals surface area contributed by atoms with Crippen LogP contribution < -0.4 is 0 Å². The van der Waals surface area contributed by atoms with Crippen LogP contribution in [0, 0.1) is 0 Å². The van der Waals surface area contributed by atoms with E-state index in [0.29, 0.717) is 23.8 Å². The Morgan fingerprint density at radius 3 is 2.25 bits per heavy atom. The Morgan fingerprint density at radius 2 is 1.57 bits per heavy atom. The predicted molar refractivity (Wildman–Crippen MR) is 97.4 cm³/mol. The van der Waals surface area contributed by atoms with Crippen molar-refractivity contribution in [3.05, 3.63) is 70.8 Å². The maximum atomic E-state index is 12.7. The average molecular weight is 381 g/mol. The Hall–Kier alpha value is -3.03. The van der Waals surface area contributed by atoms with Crippen LogP contribution in [0.25, 0.3) is 0 Å². The highest BCUT2D eigenvalue weighted by Crippen LogP contribution is 2.24. The van der Waals surface area contributed by atoms with Gasteiger partial charge in [0.05, 0.1) is 29.4 Å². The van der Waals surface area contributed by atoms with E-state index >= 15 is 0 Å². The lowest BCUT2D eigenvalue weighted by atomic mass is 10.1. The largest absolute Gasteiger partial charge is 0.381 e. The van der Waals surface area contributed by atoms with Crippen LogP contribution in [0.4, 0.5) is 0 Å². The molecule has 2 aliphatic heterocycles. The van der Waals surface area contributed by atoms with E-state index in [0.717, 1.165) is 12.8 Å². The monoisotopic (exact) mass is 381 g/mol. The molecule has 0 unspecified atom stereocenters. The summed E-state index contributed by atoms with van der Waals surface area (Å²) >= 11 is 0. The number of amides is 2. The highest BCUT2D eigenvalue weighted by Gasteiger charge is 2.39. The fourth-order valence-corrected chi connectivity index (χ4v) is 3.28. The number of fused-ring (bicyclic) bond motifs is 1. The average Bonchev–Trinajstić information content (AvgIpc) is 2.98. The third-order valence-corrected chi connectivity index (χ3v) is 4.81. The minimum atomic E-state index is -0.777. The van der Waals surface area contributed by atoms with Gasteiger partial charge in [0.1, 0.15) is 0 Å². The number of benzene rings is 2. The minimum absolute atomic E-state index is 0.0778. The highest BCUT2D eigenvalue weighted by molar-refractivity contribution is 6.21. The standard InChI is InChI=1S/C21H19NO6/c23-19-17-7-3-4-8-18(17)20(24)22(19)28-21(25)16-6-2-1-5-14(16)13-27-15-9-11-26-12-10-15/h1-8,15H,9-13H2. The molecule has 1 saturated heterocycles. The molecule has 0 radical (unpaired) electrons. The molecule has 7 heteroatoms. The highest BCUT2D eigenvalue weighted by atomic mass is 16.7. The van der Waals surface area contributed by atoms with E-state index < -0.39 is 17.8 Å². The van der Waals surface area contributed by atoms with Crippen LogP contribution in [-0.4, -0.2) is 42.2 Å². The lowest BCUT2D eigenvalue weighted by Crippen LogP contribution is -2.33. The molecule has 2 amide bonds. The van der Waals surface area contributed by atoms with E-state index in [1.54, 1.807) is 36.4 Å². The van der Waals surface area contributed by atoms with Crippen molar-refractivity contribution in [3.8, 4) is 0 Å². The SMILES string of the molecule is O=C(ON1C(=O)c2ccccc2C1=O)c1ccccc1COC1CCOCC1. The van der Waals surface area contributed by atoms with Crippen molar-refractivity contribution >= 4 is 17.8 Å². The maximum absolute atomic E-state index is 12.7. The first-order chi connectivity index (χ1) is 13.6. The molecule has 0 bridgehead atoms. The van der Waals surface area contributed by atoms with Gasteiger partial charge in [-0.15, -0.1) is 0 Å². The number of hydroxylamine groups is 2. The van der Waals surface area contributed by atoms with E-state index in [1.807, 2.05) is 0 Å². The molecule has 0 N–H and O–H groups in total. The number of rotatable bonds is 5. The maximum Gasteiger partial charge on any atom is 0.364 e. The Morgan fingerprint density at radius 1 is 0.964 bits per heavy atom. The summed E-state index contributed by atoms with van der Waals surface area (Å²) in [5.41, 5.74) is 1.33. The molecule has 2 aromatic rings. The molecule has 0 atom stereocenters. The Bertz CT molecular complexity index is 884. The van der Waals surface area contributed by atoms with Crippen molar-refractivity contribution in [2.45, 2.75) is 25.6 Å². The molecule has 144 valence electrons. The van der Waals surface area contributed by atoms with Gasteiger partial charge in [-0.25, -0.2) is 4.79 Å². The summed E-state index contributed by atoms with van der Waals surface area (Å²) in [6.45, 7) is 1.56. The van der Waals surface area contributed by atoms with Crippen molar-refractivity contribution in [2.75, 3.05) is 13.2 Å². The zero-order chi connectivity index (χ0) is 19.5. The Kier molecular flexibility index (Phi) is 5.18. The minimum Gasteiger partial charge on any atom is -0.381 e. The molecule has 2 heterocycles. The van der Waals surface area contributed by atoms with Crippen molar-refractivity contribution < 1.29 is 28.7 Å². The second kappa shape index (κ2) is 7.92. The molecule has 0 spiro atoms. The van der Waals surface area contributed by atoms with Gasteiger partial charge in [-0.05, 0) is 36.6 Å². The number of carbonyl (C=O) groups excluding carboxylic acids is 3. The van der Waals surface area contributed by atoms with Gasteiger partial charge in [-0.1, -0.05) is 35.4 Å². The summed E-state index contributed by atoms with van der Waals surface area (Å²) in [4.78, 5) is 42.6. The number of imide groups is 1. The molecule has 1 fully saturated rings. The summed E-state index contributed by atoms with van der Waals surface area (Å²) in [6.07, 6.45) is 1.69. The zero-order valence-electron chi connectivity index (χ0n) is 15.1. The fraction of sp³-hybridized carbons (Fsp3) is 0.286. The van der Waals surface area contributed by atoms with Crippen molar-refractivity contribution in [2.24, 2.45) is 0 Å². The van der Waals surface area contributed by atoms with Gasteiger partial charge in [-0.3, -0.25) is 9.59 Å². The summed E-state index contributed by atoms with van der Waals surface area (Å²) in [5, 5.41) is 0.517. The molecule has 0 aromatic heterocycles. The van der Waals surface area contributed by atoms with Gasteiger partial charge in [0, 0.05) is 13.2 Å². The van der Waals surface area contributed by atoms with Gasteiger partial charge < -0.3 is 14.3 Å². The van der Waals surface area contributed by atoms with Crippen molar-refractivity contribution in [1.29, 1.82) is 0 Å². The van der Waals surface area contributed by atoms with E-state index in [9.17, 15) is 14.4 Å². The van der Waals surface area contributed by atoms with Crippen molar-refractivity contribution in [1.82, 2.24) is 5.06 Å². The van der Waals surface area contributed by atoms with Gasteiger partial charge in [-0.2, -0.15) is 0 Å². The number of hydrogen-bond donors (Lipinski definition) is 0. The van der Waals surface area contributed by atoms with Gasteiger partial charge in [0.25, 0.3) is 11.8 Å². The normalized spacial score (nSPS) is 16.9. The van der Waals surface area contributed by atoms with Gasteiger partial charge in [0.2, 0.25) is 0 Å². The van der Waals surface area contributed by atoms with Crippen LogP contribution in [0.5, 0.6) is 0 Å². The Labute approximate surface area is 161 Å². The molecular weight excluding hydrogens is 362 g/mol. The third-order valence-electron chi connectivity index (χ3n) is 4.81. The smallest absolute Gasteiger partial charge is 0.364 e. The quantitative estimate of drug-likeness (QED) is 0.741. The lowest BCUT2D eigenvalue weighted by Gasteiger charge is -2.23. The second-order valence-corrected chi connectivity index (χ2v) is 6.61. The summed E-state index contributed by atoms with van der Waals surface area (Å²) in [6, 6.07) is 13.2. The van der Waals surface area contributed by atoms with Crippen LogP contribution in [0.3, 0.4) is 0 Å². The number of carbonyl (C=O) groups is 3. The Balaban J connectivity index is 1.47. The summed E-state index contributed by atoms with van der Waals surface area (Å²) in [7, 11) is 0. The summed E-state index contributed by atoms with van der Waals surface area (Å²) in [5.74, 6) is -2.07. The van der Waals surface area contributed by atoms with Crippen LogP contribution >= 0.6 is 0 Å². The second-order valence-electron chi connectivity index (χ2n) is 6.61. The molecule has 2 aromatic carbocycles. The van der Waals surface area contributed by atoms with Gasteiger partial charge in [0.15, 0.2) is 0 Å². The first-order valence-electron chi connectivity index (χ1n) is 9.12. The van der Waals surface area contributed by atoms with Crippen LogP contribution in [0.1, 0.15) is 49.5 Å². The number of nitrogens with zero attached hydrogens (tertiary/aromatic N) is 1. The third kappa shape index (κ3) is 3.54. The van der Waals surface area contributed by atoms with Crippen LogP contribution in [0.2, 0.25) is 0 Å². The topological polar surface area (TPSA) is 82.1 Å². The number of ether oxygens (including phenoxy) is 2. The molecule has 28 heavy (non-hydrogen) atoms. The van der Waals surface area contributed by atoms with Crippen molar-refractivity contribution in [3.63, 3.8) is 0 Å². The molecule has 7 nitrogen and oxygen atoms in total. The molecular formula is C21H19NO6. The summed E-state index contributed by atoms with van der Waals surface area (Å²) < 4.78 is 11.2. The molecule has 0 saturated carbocycles. The first-order valence-corrected chi connectivity index (χ1v) is 9.12. The fourth-order valence-electron chi connectivity index (χ4n) is 3.28. The van der Waals surface area contributed by atoms with Crippen LogP contribution in [0.15, 0.2) is 48.5 Å². The van der Waals surface area contributed by atoms with E-state index in [-0.39, 0.29) is 29.4 Å². The van der Waals surface area contributed by atoms with E-state index in [2.05, 4.69) is 0 Å². The number of hydrogen-bond acceptors (Lipinski definition) is 6.